The van der Waals surface area contributed by atoms with Crippen LogP contribution in [0.4, 0.5) is 0 Å². The third kappa shape index (κ3) is 12.0. The molecule has 2 nitrogen and oxygen atoms in total. The summed E-state index contributed by atoms with van der Waals surface area (Å²) in [5.41, 5.74) is 1.40. The van der Waals surface area contributed by atoms with Crippen molar-refractivity contribution in [2.45, 2.75) is 110 Å². The van der Waals surface area contributed by atoms with E-state index in [-0.39, 0.29) is 0 Å². The van der Waals surface area contributed by atoms with Crippen LogP contribution < -0.4 is 0 Å². The Morgan fingerprint density at radius 3 is 1.64 bits per heavy atom. The number of rotatable bonds is 19. The zero-order valence-corrected chi connectivity index (χ0v) is 20.0. The van der Waals surface area contributed by atoms with Crippen molar-refractivity contribution < 1.29 is 8.85 Å². The summed E-state index contributed by atoms with van der Waals surface area (Å²) in [5.74, 6) is 0. The molecule has 28 heavy (non-hydrogen) atoms. The van der Waals surface area contributed by atoms with Gasteiger partial charge in [-0.3, -0.25) is 0 Å². The fraction of sp³-hybridized carbons (Fsp3) is 0.760. The first-order valence-electron chi connectivity index (χ1n) is 12.1. The van der Waals surface area contributed by atoms with Gasteiger partial charge in [-0.15, -0.1) is 0 Å². The number of unbranched alkanes of at least 4 members (excludes halogenated alkanes) is 9. The van der Waals surface area contributed by atoms with E-state index in [2.05, 4.69) is 51.1 Å². The fourth-order valence-electron chi connectivity index (χ4n) is 3.73. The molecule has 0 aliphatic heterocycles. The normalized spacial score (nSPS) is 11.8. The first-order chi connectivity index (χ1) is 13.8. The maximum atomic E-state index is 6.37. The highest BCUT2D eigenvalue weighted by molar-refractivity contribution is 6.67. The van der Waals surface area contributed by atoms with Crippen LogP contribution in [0.25, 0.3) is 0 Å². The summed E-state index contributed by atoms with van der Waals surface area (Å²) in [6.07, 6.45) is 15.9. The molecule has 0 amide bonds. The maximum Gasteiger partial charge on any atom is 0.337 e. The Morgan fingerprint density at radius 2 is 1.11 bits per heavy atom. The van der Waals surface area contributed by atoms with Crippen molar-refractivity contribution in [3.63, 3.8) is 0 Å². The summed E-state index contributed by atoms with van der Waals surface area (Å²) >= 11 is 0. The van der Waals surface area contributed by atoms with Gasteiger partial charge in [0.2, 0.25) is 0 Å². The van der Waals surface area contributed by atoms with E-state index in [0.29, 0.717) is 0 Å². The lowest BCUT2D eigenvalue weighted by Crippen LogP contribution is -2.41. The second-order valence-corrected chi connectivity index (χ2v) is 11.9. The summed E-state index contributed by atoms with van der Waals surface area (Å²) in [4.78, 5) is 0. The molecule has 0 saturated carbocycles. The van der Waals surface area contributed by atoms with Crippen molar-refractivity contribution in [1.82, 2.24) is 0 Å². The van der Waals surface area contributed by atoms with Crippen LogP contribution in [0.1, 0.15) is 97.0 Å². The second-order valence-electron chi connectivity index (χ2n) is 8.09. The summed E-state index contributed by atoms with van der Waals surface area (Å²) in [6.45, 7) is 8.49. The molecule has 1 aromatic carbocycles. The van der Waals surface area contributed by atoms with Gasteiger partial charge in [-0.25, -0.2) is 0 Å². The van der Waals surface area contributed by atoms with Crippen LogP contribution in [0.3, 0.4) is 0 Å². The maximum absolute atomic E-state index is 6.37. The highest BCUT2D eigenvalue weighted by Gasteiger charge is 2.33. The highest BCUT2D eigenvalue weighted by Crippen LogP contribution is 2.20. The van der Waals surface area contributed by atoms with E-state index < -0.39 is 8.56 Å². The van der Waals surface area contributed by atoms with E-state index in [1.165, 1.54) is 69.8 Å². The van der Waals surface area contributed by atoms with Crippen molar-refractivity contribution in [3.8, 4) is 0 Å². The fourth-order valence-corrected chi connectivity index (χ4v) is 6.16. The average Bonchev–Trinajstić information content (AvgIpc) is 2.74. The van der Waals surface area contributed by atoms with Crippen LogP contribution in [0.2, 0.25) is 12.1 Å². The Bertz CT molecular complexity index is 445. The lowest BCUT2D eigenvalue weighted by molar-refractivity contribution is 0.164. The van der Waals surface area contributed by atoms with Gasteiger partial charge in [0.15, 0.2) is 0 Å². The predicted molar refractivity (Wildman–Crippen MR) is 125 cm³/mol. The molecular formula is C25H46O2Si. The Morgan fingerprint density at radius 1 is 0.607 bits per heavy atom. The van der Waals surface area contributed by atoms with Gasteiger partial charge in [0.25, 0.3) is 0 Å². The van der Waals surface area contributed by atoms with Gasteiger partial charge < -0.3 is 8.85 Å². The first-order valence-corrected chi connectivity index (χ1v) is 14.3. The lowest BCUT2D eigenvalue weighted by Gasteiger charge is -2.29. The van der Waals surface area contributed by atoms with Crippen LogP contribution in [-0.4, -0.2) is 21.8 Å². The van der Waals surface area contributed by atoms with E-state index in [0.717, 1.165) is 38.1 Å². The van der Waals surface area contributed by atoms with Crippen LogP contribution in [0.15, 0.2) is 30.3 Å². The molecule has 0 unspecified atom stereocenters. The van der Waals surface area contributed by atoms with Gasteiger partial charge in [-0.1, -0.05) is 109 Å². The summed E-state index contributed by atoms with van der Waals surface area (Å²) in [5, 5.41) is 0. The summed E-state index contributed by atoms with van der Waals surface area (Å²) in [7, 11) is -1.98. The third-order valence-corrected chi connectivity index (χ3v) is 9.37. The van der Waals surface area contributed by atoms with E-state index in [1.807, 2.05) is 0 Å². The van der Waals surface area contributed by atoms with Crippen molar-refractivity contribution in [1.29, 1.82) is 0 Å². The van der Waals surface area contributed by atoms with E-state index in [9.17, 15) is 0 Å². The Hall–Kier alpha value is -0.643. The van der Waals surface area contributed by atoms with Gasteiger partial charge in [0.05, 0.1) is 0 Å². The van der Waals surface area contributed by atoms with Crippen molar-refractivity contribution in [3.05, 3.63) is 35.9 Å². The van der Waals surface area contributed by atoms with Crippen molar-refractivity contribution in [2.24, 2.45) is 0 Å². The quantitative estimate of drug-likeness (QED) is 0.171. The minimum absolute atomic E-state index is 0.834. The largest absolute Gasteiger partial charge is 0.394 e. The number of benzene rings is 1. The molecule has 0 atom stereocenters. The molecule has 0 bridgehead atoms. The van der Waals surface area contributed by atoms with Gasteiger partial charge in [-0.2, -0.15) is 0 Å². The summed E-state index contributed by atoms with van der Waals surface area (Å²) in [6, 6.07) is 12.8. The van der Waals surface area contributed by atoms with Gasteiger partial charge in [0, 0.05) is 13.2 Å². The molecule has 0 saturated heterocycles. The second kappa shape index (κ2) is 17.2. The lowest BCUT2D eigenvalue weighted by atomic mass is 10.1. The smallest absolute Gasteiger partial charge is 0.337 e. The molecule has 1 rings (SSSR count). The van der Waals surface area contributed by atoms with Gasteiger partial charge in [0.1, 0.15) is 0 Å². The minimum Gasteiger partial charge on any atom is -0.394 e. The predicted octanol–water partition coefficient (Wildman–Crippen LogP) is 8.06. The molecule has 0 fully saturated rings. The molecule has 0 spiro atoms. The monoisotopic (exact) mass is 406 g/mol. The Balaban J connectivity index is 2.07. The molecule has 0 aliphatic rings. The topological polar surface area (TPSA) is 18.5 Å². The van der Waals surface area contributed by atoms with Gasteiger partial charge >= 0.3 is 8.56 Å². The molecule has 0 heterocycles. The van der Waals surface area contributed by atoms with E-state index in [1.54, 1.807) is 0 Å². The number of hydrogen-bond donors (Lipinski definition) is 0. The third-order valence-electron chi connectivity index (χ3n) is 5.76. The van der Waals surface area contributed by atoms with E-state index in [4.69, 9.17) is 8.85 Å². The van der Waals surface area contributed by atoms with E-state index >= 15 is 0 Å². The Labute approximate surface area is 176 Å². The molecule has 0 radical (unpaired) electrons. The number of aryl methyl sites for hydroxylation is 1. The average molecular weight is 407 g/mol. The minimum atomic E-state index is -1.98. The molecule has 162 valence electrons. The molecule has 1 aromatic rings. The van der Waals surface area contributed by atoms with Crippen molar-refractivity contribution in [2.75, 3.05) is 13.2 Å². The van der Waals surface area contributed by atoms with Crippen LogP contribution in [-0.2, 0) is 15.3 Å². The van der Waals surface area contributed by atoms with Gasteiger partial charge in [-0.05, 0) is 36.9 Å². The zero-order chi connectivity index (χ0) is 20.3. The molecule has 0 N–H and O–H groups in total. The summed E-state index contributed by atoms with van der Waals surface area (Å²) < 4.78 is 12.7. The first kappa shape index (κ1) is 25.4. The highest BCUT2D eigenvalue weighted by atomic mass is 28.4. The number of hydrogen-bond acceptors (Lipinski definition) is 2. The zero-order valence-electron chi connectivity index (χ0n) is 19.0. The molecule has 3 heteroatoms. The van der Waals surface area contributed by atoms with Crippen LogP contribution in [0.5, 0.6) is 0 Å². The SMILES string of the molecule is CCCCCCCCCCCCO[Si](CC)(CC)OCCCc1ccccc1. The molecule has 0 aromatic heterocycles. The Kier molecular flexibility index (Phi) is 15.6. The molecular weight excluding hydrogens is 360 g/mol. The van der Waals surface area contributed by atoms with Crippen molar-refractivity contribution >= 4 is 8.56 Å². The molecule has 0 aliphatic carbocycles. The van der Waals surface area contributed by atoms with Crippen LogP contribution >= 0.6 is 0 Å². The van der Waals surface area contributed by atoms with Crippen LogP contribution in [0, 0.1) is 0 Å². The standard InChI is InChI=1S/C25H46O2Si/c1-4-7-8-9-10-11-12-13-14-18-23-26-28(5-2,6-3)27-24-19-22-25-20-16-15-17-21-25/h15-17,20-21H,4-14,18-19,22-24H2,1-3H3.